The fourth-order valence-electron chi connectivity index (χ4n) is 3.18. The van der Waals surface area contributed by atoms with E-state index >= 15 is 0 Å². The second-order valence-electron chi connectivity index (χ2n) is 6.57. The quantitative estimate of drug-likeness (QED) is 0.631. The second kappa shape index (κ2) is 8.57. The van der Waals surface area contributed by atoms with Crippen LogP contribution in [0.15, 0.2) is 18.2 Å². The van der Waals surface area contributed by atoms with Crippen LogP contribution >= 0.6 is 12.2 Å². The number of rotatable bonds is 4. The number of nitrogens with two attached hydrogens (primary N) is 1. The van der Waals surface area contributed by atoms with Gasteiger partial charge >= 0.3 is 12.1 Å². The Bertz CT molecular complexity index is 779. The number of primary amides is 1. The molecular weight excluding hydrogens is 387 g/mol. The van der Waals surface area contributed by atoms with E-state index in [9.17, 15) is 14.0 Å². The molecule has 11 heteroatoms. The molecule has 4 N–H and O–H groups in total. The minimum atomic E-state index is -0.571. The number of amides is 3. The van der Waals surface area contributed by atoms with Gasteiger partial charge < -0.3 is 20.7 Å². The highest BCUT2D eigenvalue weighted by atomic mass is 32.1. The van der Waals surface area contributed by atoms with Crippen molar-refractivity contribution in [3.05, 3.63) is 24.0 Å². The molecule has 0 spiro atoms. The van der Waals surface area contributed by atoms with Gasteiger partial charge in [0.05, 0.1) is 36.0 Å². The van der Waals surface area contributed by atoms with Gasteiger partial charge in [-0.3, -0.25) is 9.91 Å². The second-order valence-corrected chi connectivity index (χ2v) is 7.19. The van der Waals surface area contributed by atoms with Crippen LogP contribution in [0.4, 0.5) is 25.4 Å². The molecular formula is C17H23FN6O3S. The van der Waals surface area contributed by atoms with Crippen LogP contribution in [0, 0.1) is 5.82 Å². The van der Waals surface area contributed by atoms with Gasteiger partial charge in [0.25, 0.3) is 0 Å². The van der Waals surface area contributed by atoms with E-state index in [-0.39, 0.29) is 6.10 Å². The maximum Gasteiger partial charge on any atom is 0.414 e. The minimum absolute atomic E-state index is 0.314. The highest BCUT2D eigenvalue weighted by molar-refractivity contribution is 7.80. The zero-order valence-electron chi connectivity index (χ0n) is 15.5. The number of urea groups is 1. The van der Waals surface area contributed by atoms with E-state index < -0.39 is 17.9 Å². The van der Waals surface area contributed by atoms with Crippen LogP contribution in [0.3, 0.4) is 0 Å². The lowest BCUT2D eigenvalue weighted by Gasteiger charge is -2.24. The number of halogens is 1. The van der Waals surface area contributed by atoms with Gasteiger partial charge in [-0.05, 0) is 25.1 Å². The number of nitrogens with zero attached hydrogens (tertiary/aromatic N) is 3. The van der Waals surface area contributed by atoms with Crippen molar-refractivity contribution in [1.82, 2.24) is 15.8 Å². The Morgan fingerprint density at radius 2 is 2.21 bits per heavy atom. The van der Waals surface area contributed by atoms with E-state index in [2.05, 4.69) is 10.7 Å². The molecule has 3 amide bonds. The molecule has 2 saturated heterocycles. The Labute approximate surface area is 167 Å². The van der Waals surface area contributed by atoms with E-state index in [0.717, 1.165) is 0 Å². The molecule has 1 aromatic rings. The number of carbonyl (C=O) groups excluding carboxylic acids is 2. The summed E-state index contributed by atoms with van der Waals surface area (Å²) in [5.41, 5.74) is 9.00. The molecule has 28 heavy (non-hydrogen) atoms. The van der Waals surface area contributed by atoms with Crippen molar-refractivity contribution in [1.29, 1.82) is 0 Å². The smallest absolute Gasteiger partial charge is 0.414 e. The molecule has 0 radical (unpaired) electrons. The summed E-state index contributed by atoms with van der Waals surface area (Å²) in [6.45, 7) is 4.21. The molecule has 1 atom stereocenters. The first-order valence-corrected chi connectivity index (χ1v) is 9.33. The van der Waals surface area contributed by atoms with Crippen molar-refractivity contribution in [2.45, 2.75) is 13.0 Å². The highest BCUT2D eigenvalue weighted by Crippen LogP contribution is 2.28. The van der Waals surface area contributed by atoms with Gasteiger partial charge in [-0.15, -0.1) is 0 Å². The molecule has 152 valence electrons. The SMILES string of the molecule is CC(=S)NC[C@H]1CN(c2ccc(N3CCNN(C(N)=O)CC3)c(F)c2)C(=O)O1. The summed E-state index contributed by atoms with van der Waals surface area (Å²) in [5, 5.41) is 4.27. The topological polar surface area (TPSA) is 103 Å². The lowest BCUT2D eigenvalue weighted by molar-refractivity contribution is 0.143. The van der Waals surface area contributed by atoms with Gasteiger partial charge in [-0.1, -0.05) is 12.2 Å². The summed E-state index contributed by atoms with van der Waals surface area (Å²) in [6.07, 6.45) is -0.873. The van der Waals surface area contributed by atoms with E-state index in [1.165, 1.54) is 16.0 Å². The zero-order valence-corrected chi connectivity index (χ0v) is 16.3. The maximum absolute atomic E-state index is 14.8. The minimum Gasteiger partial charge on any atom is -0.442 e. The first kappa shape index (κ1) is 20.1. The number of hydrogen-bond donors (Lipinski definition) is 3. The Balaban J connectivity index is 1.68. The molecule has 0 aliphatic carbocycles. The number of thiocarbonyl (C=S) groups is 1. The number of carbonyl (C=O) groups is 2. The van der Waals surface area contributed by atoms with Crippen molar-refractivity contribution >= 4 is 40.7 Å². The third-order valence-electron chi connectivity index (χ3n) is 4.58. The zero-order chi connectivity index (χ0) is 20.3. The molecule has 2 heterocycles. The number of hydrazine groups is 1. The lowest BCUT2D eigenvalue weighted by atomic mass is 10.2. The summed E-state index contributed by atoms with van der Waals surface area (Å²) in [5.74, 6) is -0.450. The fraction of sp³-hybridized carbons (Fsp3) is 0.471. The van der Waals surface area contributed by atoms with Crippen LogP contribution in [-0.4, -0.2) is 67.5 Å². The number of nitrogens with one attached hydrogen (secondary N) is 2. The van der Waals surface area contributed by atoms with E-state index in [1.807, 2.05) is 4.90 Å². The van der Waals surface area contributed by atoms with Gasteiger partial charge in [-0.2, -0.15) is 0 Å². The predicted octanol–water partition coefficient (Wildman–Crippen LogP) is 0.793. The molecule has 1 aromatic carbocycles. The van der Waals surface area contributed by atoms with Gasteiger partial charge in [0.1, 0.15) is 11.9 Å². The summed E-state index contributed by atoms with van der Waals surface area (Å²) in [7, 11) is 0. The van der Waals surface area contributed by atoms with E-state index in [1.54, 1.807) is 19.1 Å². The summed E-state index contributed by atoms with van der Waals surface area (Å²) < 4.78 is 20.1. The summed E-state index contributed by atoms with van der Waals surface area (Å²) >= 11 is 4.95. The molecule has 0 aromatic heterocycles. The molecule has 3 rings (SSSR count). The van der Waals surface area contributed by atoms with Crippen LogP contribution in [0.2, 0.25) is 0 Å². The van der Waals surface area contributed by atoms with Gasteiger partial charge in [0, 0.05) is 19.6 Å². The molecule has 0 saturated carbocycles. The predicted molar refractivity (Wildman–Crippen MR) is 107 cm³/mol. The number of cyclic esters (lactones) is 1. The van der Waals surface area contributed by atoms with Crippen molar-refractivity contribution in [3.8, 4) is 0 Å². The van der Waals surface area contributed by atoms with E-state index in [4.69, 9.17) is 22.7 Å². The number of ether oxygens (including phenoxy) is 1. The van der Waals surface area contributed by atoms with Crippen molar-refractivity contribution in [3.63, 3.8) is 0 Å². The van der Waals surface area contributed by atoms with Crippen LogP contribution in [-0.2, 0) is 4.74 Å². The monoisotopic (exact) mass is 410 g/mol. The number of hydrogen-bond acceptors (Lipinski definition) is 6. The van der Waals surface area contributed by atoms with Crippen LogP contribution in [0.5, 0.6) is 0 Å². The number of benzene rings is 1. The van der Waals surface area contributed by atoms with Crippen LogP contribution in [0.25, 0.3) is 0 Å². The average Bonchev–Trinajstić information content (AvgIpc) is 2.85. The molecule has 2 fully saturated rings. The summed E-state index contributed by atoms with van der Waals surface area (Å²) in [4.78, 5) is 27.3. The fourth-order valence-corrected chi connectivity index (χ4v) is 3.26. The maximum atomic E-state index is 14.8. The molecule has 0 unspecified atom stereocenters. The number of anilines is 2. The molecule has 0 bridgehead atoms. The van der Waals surface area contributed by atoms with Crippen LogP contribution in [0.1, 0.15) is 6.92 Å². The molecule has 9 nitrogen and oxygen atoms in total. The average molecular weight is 410 g/mol. The lowest BCUT2D eigenvalue weighted by Crippen LogP contribution is -2.46. The Kier molecular flexibility index (Phi) is 6.15. The van der Waals surface area contributed by atoms with Gasteiger partial charge in [-0.25, -0.2) is 19.4 Å². The van der Waals surface area contributed by atoms with Crippen molar-refractivity contribution in [2.75, 3.05) is 49.1 Å². The molecule has 2 aliphatic rings. The Hall–Kier alpha value is -2.66. The normalized spacial score (nSPS) is 20.0. The van der Waals surface area contributed by atoms with Crippen molar-refractivity contribution in [2.24, 2.45) is 5.73 Å². The third-order valence-corrected chi connectivity index (χ3v) is 4.72. The van der Waals surface area contributed by atoms with Crippen molar-refractivity contribution < 1.29 is 18.7 Å². The van der Waals surface area contributed by atoms with Gasteiger partial charge in [0.2, 0.25) is 0 Å². The Morgan fingerprint density at radius 1 is 1.43 bits per heavy atom. The van der Waals surface area contributed by atoms with Gasteiger partial charge in [0.15, 0.2) is 0 Å². The summed E-state index contributed by atoms with van der Waals surface area (Å²) in [6, 6.07) is 4.06. The first-order valence-electron chi connectivity index (χ1n) is 8.92. The van der Waals surface area contributed by atoms with Crippen LogP contribution < -0.4 is 26.3 Å². The highest BCUT2D eigenvalue weighted by Gasteiger charge is 2.32. The largest absolute Gasteiger partial charge is 0.442 e. The first-order chi connectivity index (χ1) is 13.3. The standard InChI is InChI=1S/C17H23FN6O3S/c1-11(28)20-9-13-10-23(17(26)27-13)12-2-3-15(14(18)8-12)22-5-4-21-24(7-6-22)16(19)25/h2-3,8,13,21H,4-7,9-10H2,1H3,(H2,19,25)(H,20,28)/t13-/m0/s1. The third kappa shape index (κ3) is 4.60. The molecule has 2 aliphatic heterocycles. The van der Waals surface area contributed by atoms with E-state index in [0.29, 0.717) is 55.6 Å². The Morgan fingerprint density at radius 3 is 2.89 bits per heavy atom.